The molecule has 1 aliphatic rings. The minimum Gasteiger partial charge on any atom is -0.464 e. The van der Waals surface area contributed by atoms with Gasteiger partial charge in [0.15, 0.2) is 8.32 Å². The van der Waals surface area contributed by atoms with E-state index in [0.717, 1.165) is 12.8 Å². The molecule has 5 heteroatoms. The topological polar surface area (TPSA) is 35.5 Å². The van der Waals surface area contributed by atoms with Gasteiger partial charge in [-0.25, -0.2) is 4.79 Å². The smallest absolute Gasteiger partial charge is 0.366 e. The summed E-state index contributed by atoms with van der Waals surface area (Å²) in [6.45, 7) is 14.0. The van der Waals surface area contributed by atoms with Gasteiger partial charge in [0.05, 0.1) is 7.11 Å². The fourth-order valence-corrected chi connectivity index (χ4v) is 9.85. The van der Waals surface area contributed by atoms with E-state index in [1.54, 1.807) is 0 Å². The number of methoxy groups -OCH3 is 1. The van der Waals surface area contributed by atoms with Crippen LogP contribution in [0.4, 0.5) is 4.39 Å². The number of hydrogen-bond donors (Lipinski definition) is 0. The zero-order chi connectivity index (χ0) is 17.8. The van der Waals surface area contributed by atoms with Crippen molar-refractivity contribution < 1.29 is 18.3 Å². The molecule has 0 aromatic heterocycles. The molecule has 1 fully saturated rings. The van der Waals surface area contributed by atoms with Crippen molar-refractivity contribution in [2.75, 3.05) is 13.7 Å². The van der Waals surface area contributed by atoms with Gasteiger partial charge in [-0.3, -0.25) is 0 Å². The molecule has 0 aromatic carbocycles. The number of ether oxygens (including phenoxy) is 1. The van der Waals surface area contributed by atoms with E-state index in [2.05, 4.69) is 46.3 Å². The highest BCUT2D eigenvalue weighted by molar-refractivity contribution is 6.77. The lowest BCUT2D eigenvalue weighted by Crippen LogP contribution is -2.48. The summed E-state index contributed by atoms with van der Waals surface area (Å²) in [7, 11) is -0.737. The quantitative estimate of drug-likeness (QED) is 0.353. The third kappa shape index (κ3) is 4.24. The second-order valence-electron chi connectivity index (χ2n) is 7.55. The van der Waals surface area contributed by atoms with Crippen LogP contribution in [-0.2, 0) is 14.0 Å². The van der Waals surface area contributed by atoms with E-state index in [9.17, 15) is 9.18 Å². The van der Waals surface area contributed by atoms with Crippen LogP contribution in [0.2, 0.25) is 16.6 Å². The van der Waals surface area contributed by atoms with Gasteiger partial charge in [-0.2, -0.15) is 4.39 Å². The number of hydrogen-bond acceptors (Lipinski definition) is 3. The van der Waals surface area contributed by atoms with Crippen LogP contribution in [0.25, 0.3) is 0 Å². The molecule has 1 unspecified atom stereocenters. The van der Waals surface area contributed by atoms with Crippen LogP contribution in [0.15, 0.2) is 11.4 Å². The minimum atomic E-state index is -1.96. The van der Waals surface area contributed by atoms with Gasteiger partial charge in [-0.1, -0.05) is 41.5 Å². The summed E-state index contributed by atoms with van der Waals surface area (Å²) in [4.78, 5) is 11.5. The second kappa shape index (κ2) is 8.43. The van der Waals surface area contributed by atoms with Crippen LogP contribution in [0, 0.1) is 5.92 Å². The summed E-state index contributed by atoms with van der Waals surface area (Å²) in [5, 5.41) is 0. The molecule has 0 aliphatic heterocycles. The molecule has 1 saturated carbocycles. The van der Waals surface area contributed by atoms with Crippen molar-refractivity contribution in [1.82, 2.24) is 0 Å². The molecular formula is C18H33FO3Si. The van der Waals surface area contributed by atoms with E-state index in [0.29, 0.717) is 35.2 Å². The average molecular weight is 345 g/mol. The molecule has 0 saturated heterocycles. The Morgan fingerprint density at radius 3 is 2.13 bits per heavy atom. The fourth-order valence-electron chi connectivity index (χ4n) is 4.36. The summed E-state index contributed by atoms with van der Waals surface area (Å²) < 4.78 is 25.3. The van der Waals surface area contributed by atoms with Gasteiger partial charge in [0, 0.05) is 12.5 Å². The summed E-state index contributed by atoms with van der Waals surface area (Å²) in [5.74, 6) is -1.55. The predicted molar refractivity (Wildman–Crippen MR) is 94.5 cm³/mol. The van der Waals surface area contributed by atoms with Crippen molar-refractivity contribution in [2.24, 2.45) is 5.92 Å². The predicted octanol–water partition coefficient (Wildman–Crippen LogP) is 5.38. The van der Waals surface area contributed by atoms with Gasteiger partial charge in [0.1, 0.15) is 0 Å². The number of esters is 1. The van der Waals surface area contributed by atoms with Gasteiger partial charge < -0.3 is 9.16 Å². The van der Waals surface area contributed by atoms with Gasteiger partial charge in [0.25, 0.3) is 0 Å². The average Bonchev–Trinajstić information content (AvgIpc) is 2.93. The van der Waals surface area contributed by atoms with Crippen LogP contribution >= 0.6 is 0 Å². The molecule has 1 rings (SSSR count). The molecule has 0 radical (unpaired) electrons. The van der Waals surface area contributed by atoms with E-state index in [1.165, 1.54) is 7.11 Å². The van der Waals surface area contributed by atoms with Gasteiger partial charge in [0.2, 0.25) is 5.83 Å². The van der Waals surface area contributed by atoms with Gasteiger partial charge >= 0.3 is 5.97 Å². The Hall–Kier alpha value is -0.683. The van der Waals surface area contributed by atoms with Crippen molar-refractivity contribution >= 4 is 14.3 Å². The van der Waals surface area contributed by atoms with Gasteiger partial charge in [-0.05, 0) is 41.5 Å². The zero-order valence-electron chi connectivity index (χ0n) is 15.7. The monoisotopic (exact) mass is 344 g/mol. The number of rotatable bonds is 7. The molecule has 134 valence electrons. The third-order valence-corrected chi connectivity index (χ3v) is 11.5. The molecule has 0 N–H and O–H groups in total. The lowest BCUT2D eigenvalue weighted by molar-refractivity contribution is -0.137. The molecule has 3 nitrogen and oxygen atoms in total. The first-order valence-corrected chi connectivity index (χ1v) is 10.9. The first kappa shape index (κ1) is 20.4. The lowest BCUT2D eigenvalue weighted by Gasteiger charge is -2.42. The van der Waals surface area contributed by atoms with Crippen LogP contribution in [0.3, 0.4) is 0 Å². The Morgan fingerprint density at radius 1 is 1.17 bits per heavy atom. The van der Waals surface area contributed by atoms with Crippen LogP contribution in [-0.4, -0.2) is 28.0 Å². The van der Waals surface area contributed by atoms with Crippen molar-refractivity contribution in [3.8, 4) is 0 Å². The molecule has 1 atom stereocenters. The number of carbonyl (C=O) groups excluding carboxylic acids is 1. The third-order valence-electron chi connectivity index (χ3n) is 5.38. The van der Waals surface area contributed by atoms with Crippen LogP contribution < -0.4 is 0 Å². The summed E-state index contributed by atoms with van der Waals surface area (Å²) in [6, 6.07) is 0. The zero-order valence-corrected chi connectivity index (χ0v) is 16.7. The molecule has 0 spiro atoms. The standard InChI is InChI=1S/C18H33FO3Si/c1-12(2)23(13(3)4,14(5)6)22-11-15-9-8-10-16(15)17(19)18(20)21-7/h12-15H,8-11H2,1-7H3. The van der Waals surface area contributed by atoms with Crippen LogP contribution in [0.5, 0.6) is 0 Å². The maximum Gasteiger partial charge on any atom is 0.366 e. The van der Waals surface area contributed by atoms with Crippen molar-refractivity contribution in [3.63, 3.8) is 0 Å². The van der Waals surface area contributed by atoms with E-state index in [4.69, 9.17) is 4.43 Å². The summed E-state index contributed by atoms with van der Waals surface area (Å²) in [6.07, 6.45) is 2.43. The largest absolute Gasteiger partial charge is 0.464 e. The minimum absolute atomic E-state index is 0.0113. The molecule has 0 amide bonds. The first-order valence-electron chi connectivity index (χ1n) is 8.79. The SMILES string of the molecule is COC(=O)C(F)=C1CCCC1CO[Si](C(C)C)(C(C)C)C(C)C. The lowest BCUT2D eigenvalue weighted by atomic mass is 10.0. The van der Waals surface area contributed by atoms with E-state index in [1.807, 2.05) is 0 Å². The maximum absolute atomic E-state index is 14.2. The van der Waals surface area contributed by atoms with Crippen molar-refractivity contribution in [1.29, 1.82) is 0 Å². The van der Waals surface area contributed by atoms with E-state index < -0.39 is 20.1 Å². The van der Waals surface area contributed by atoms with Crippen molar-refractivity contribution in [2.45, 2.75) is 77.4 Å². The molecule has 23 heavy (non-hydrogen) atoms. The maximum atomic E-state index is 14.2. The van der Waals surface area contributed by atoms with Crippen molar-refractivity contribution in [3.05, 3.63) is 11.4 Å². The molecular weight excluding hydrogens is 311 g/mol. The van der Waals surface area contributed by atoms with E-state index in [-0.39, 0.29) is 5.92 Å². The van der Waals surface area contributed by atoms with Gasteiger partial charge in [-0.15, -0.1) is 0 Å². The Morgan fingerprint density at radius 2 is 1.70 bits per heavy atom. The number of carbonyl (C=O) groups is 1. The molecule has 0 aromatic rings. The highest BCUT2D eigenvalue weighted by atomic mass is 28.4. The second-order valence-corrected chi connectivity index (χ2v) is 13.0. The highest BCUT2D eigenvalue weighted by Crippen LogP contribution is 2.44. The van der Waals surface area contributed by atoms with E-state index >= 15 is 0 Å². The summed E-state index contributed by atoms with van der Waals surface area (Å²) in [5.41, 5.74) is 2.10. The molecule has 0 bridgehead atoms. The molecule has 1 aliphatic carbocycles. The number of halogens is 1. The Labute approximate surface area is 141 Å². The Balaban J connectivity index is 2.95. The Bertz CT molecular complexity index is 422. The molecule has 0 heterocycles. The fraction of sp³-hybridized carbons (Fsp3) is 0.833. The first-order chi connectivity index (χ1) is 10.7. The highest BCUT2D eigenvalue weighted by Gasteiger charge is 2.45. The normalized spacial score (nSPS) is 21.4. The van der Waals surface area contributed by atoms with Crippen LogP contribution in [0.1, 0.15) is 60.8 Å². The summed E-state index contributed by atoms with van der Waals surface area (Å²) >= 11 is 0. The Kier molecular flexibility index (Phi) is 7.46.